The molecule has 0 atom stereocenters. The maximum Gasteiger partial charge on any atom is 0.340 e. The van der Waals surface area contributed by atoms with Crippen molar-refractivity contribution in [3.8, 4) is 21.4 Å². The smallest absolute Gasteiger partial charge is 0.340 e. The Hall–Kier alpha value is -2.91. The van der Waals surface area contributed by atoms with Gasteiger partial charge in [-0.05, 0) is 11.4 Å². The molecular weight excluding hydrogens is 400 g/mol. The van der Waals surface area contributed by atoms with E-state index in [1.165, 1.54) is 44.8 Å². The Balaban J connectivity index is 1.80. The van der Waals surface area contributed by atoms with E-state index >= 15 is 0 Å². The molecule has 2 aromatic heterocycles. The molecule has 1 aromatic carbocycles. The van der Waals surface area contributed by atoms with Crippen LogP contribution in [0.25, 0.3) is 9.88 Å². The minimum Gasteiger partial charge on any atom is -0.493 e. The summed E-state index contributed by atoms with van der Waals surface area (Å²) in [6.07, 6.45) is 0.0802. The Morgan fingerprint density at radius 1 is 1.11 bits per heavy atom. The fourth-order valence-electron chi connectivity index (χ4n) is 2.52. The Kier molecular flexibility index (Phi) is 6.27. The van der Waals surface area contributed by atoms with Gasteiger partial charge in [0.1, 0.15) is 5.01 Å². The zero-order valence-corrected chi connectivity index (χ0v) is 17.1. The van der Waals surface area contributed by atoms with E-state index in [-0.39, 0.29) is 23.6 Å². The molecule has 1 N–H and O–H groups in total. The molecule has 1 amide bonds. The molecule has 0 aliphatic carbocycles. The molecule has 9 heteroatoms. The molecule has 0 saturated heterocycles. The zero-order valence-electron chi connectivity index (χ0n) is 15.5. The number of carbonyl (C=O) groups excluding carboxylic acids is 2. The Labute approximate surface area is 169 Å². The van der Waals surface area contributed by atoms with Crippen molar-refractivity contribution in [2.45, 2.75) is 6.42 Å². The number of ether oxygens (including phenoxy) is 3. The van der Waals surface area contributed by atoms with Crippen LogP contribution in [-0.4, -0.2) is 38.2 Å². The number of thiazole rings is 1. The van der Waals surface area contributed by atoms with Crippen LogP contribution in [0.4, 0.5) is 5.69 Å². The second kappa shape index (κ2) is 8.85. The van der Waals surface area contributed by atoms with Crippen molar-refractivity contribution >= 4 is 40.2 Å². The van der Waals surface area contributed by atoms with Crippen LogP contribution in [0.3, 0.4) is 0 Å². The number of anilines is 1. The number of thiophene rings is 1. The predicted molar refractivity (Wildman–Crippen MR) is 109 cm³/mol. The highest BCUT2D eigenvalue weighted by molar-refractivity contribution is 7.20. The van der Waals surface area contributed by atoms with Crippen LogP contribution in [0, 0.1) is 0 Å². The number of carbonyl (C=O) groups is 2. The van der Waals surface area contributed by atoms with Gasteiger partial charge in [-0.2, -0.15) is 0 Å². The number of rotatable bonds is 7. The third-order valence-electron chi connectivity index (χ3n) is 3.83. The summed E-state index contributed by atoms with van der Waals surface area (Å²) >= 11 is 3.08. The lowest BCUT2D eigenvalue weighted by Gasteiger charge is -2.14. The summed E-state index contributed by atoms with van der Waals surface area (Å²) in [5, 5.41) is 7.44. The van der Waals surface area contributed by atoms with Gasteiger partial charge in [-0.1, -0.05) is 6.07 Å². The number of amides is 1. The van der Waals surface area contributed by atoms with E-state index in [9.17, 15) is 9.59 Å². The SMILES string of the molecule is COC(=O)c1cc(OC)c(OC)cc1NC(=O)Cc1csc(-c2cccs2)n1. The molecule has 2 heterocycles. The highest BCUT2D eigenvalue weighted by Crippen LogP contribution is 2.34. The molecule has 3 rings (SSSR count). The van der Waals surface area contributed by atoms with E-state index in [1.807, 2.05) is 22.9 Å². The van der Waals surface area contributed by atoms with Gasteiger partial charge in [-0.3, -0.25) is 4.79 Å². The van der Waals surface area contributed by atoms with Crippen molar-refractivity contribution in [2.75, 3.05) is 26.6 Å². The molecule has 0 bridgehead atoms. The second-order valence-electron chi connectivity index (χ2n) is 5.59. The molecule has 7 nitrogen and oxygen atoms in total. The summed E-state index contributed by atoms with van der Waals surface area (Å²) in [6.45, 7) is 0. The minimum atomic E-state index is -0.593. The quantitative estimate of drug-likeness (QED) is 0.587. The average molecular weight is 418 g/mol. The Bertz CT molecular complexity index is 982. The maximum atomic E-state index is 12.5. The van der Waals surface area contributed by atoms with Crippen LogP contribution < -0.4 is 14.8 Å². The van der Waals surface area contributed by atoms with Gasteiger partial charge in [0.25, 0.3) is 0 Å². The monoisotopic (exact) mass is 418 g/mol. The number of nitrogens with one attached hydrogen (secondary N) is 1. The van der Waals surface area contributed by atoms with Gasteiger partial charge in [0.2, 0.25) is 5.91 Å². The number of benzene rings is 1. The summed E-state index contributed by atoms with van der Waals surface area (Å²) in [6, 6.07) is 6.94. The van der Waals surface area contributed by atoms with Crippen LogP contribution in [0.15, 0.2) is 35.0 Å². The fourth-order valence-corrected chi connectivity index (χ4v) is 4.16. The number of esters is 1. The predicted octanol–water partition coefficient (Wildman–Crippen LogP) is 3.86. The van der Waals surface area contributed by atoms with Gasteiger partial charge < -0.3 is 19.5 Å². The number of nitrogens with zero attached hydrogens (tertiary/aromatic N) is 1. The lowest BCUT2D eigenvalue weighted by atomic mass is 10.1. The summed E-state index contributed by atoms with van der Waals surface area (Å²) in [5.41, 5.74) is 1.11. The minimum absolute atomic E-state index is 0.0802. The molecule has 0 radical (unpaired) electrons. The van der Waals surface area contributed by atoms with Crippen LogP contribution in [-0.2, 0) is 16.0 Å². The van der Waals surface area contributed by atoms with Gasteiger partial charge in [0.05, 0.1) is 49.6 Å². The van der Waals surface area contributed by atoms with Gasteiger partial charge in [0.15, 0.2) is 11.5 Å². The zero-order chi connectivity index (χ0) is 20.1. The summed E-state index contributed by atoms with van der Waals surface area (Å²) < 4.78 is 15.3. The molecular formula is C19H18N2O5S2. The van der Waals surface area contributed by atoms with Crippen molar-refractivity contribution in [3.05, 3.63) is 46.3 Å². The molecule has 0 fully saturated rings. The van der Waals surface area contributed by atoms with E-state index in [0.29, 0.717) is 17.2 Å². The first-order chi connectivity index (χ1) is 13.5. The topological polar surface area (TPSA) is 86.8 Å². The van der Waals surface area contributed by atoms with Crippen LogP contribution in [0.1, 0.15) is 16.1 Å². The summed E-state index contributed by atoms with van der Waals surface area (Å²) in [4.78, 5) is 30.2. The van der Waals surface area contributed by atoms with Crippen molar-refractivity contribution < 1.29 is 23.8 Å². The standard InChI is InChI=1S/C19H18N2O5S2/c1-24-14-8-12(19(23)26-3)13(9-15(14)25-2)21-17(22)7-11-10-28-18(20-11)16-5-4-6-27-16/h4-6,8-10H,7H2,1-3H3,(H,21,22). The first kappa shape index (κ1) is 19.8. The molecule has 0 aliphatic rings. The van der Waals surface area contributed by atoms with E-state index in [0.717, 1.165) is 9.88 Å². The van der Waals surface area contributed by atoms with Gasteiger partial charge >= 0.3 is 5.97 Å². The lowest BCUT2D eigenvalue weighted by molar-refractivity contribution is -0.115. The van der Waals surface area contributed by atoms with E-state index in [1.54, 1.807) is 11.3 Å². The number of hydrogen-bond acceptors (Lipinski definition) is 8. The molecule has 0 aliphatic heterocycles. The average Bonchev–Trinajstić information content (AvgIpc) is 3.38. The van der Waals surface area contributed by atoms with Crippen LogP contribution >= 0.6 is 22.7 Å². The molecule has 0 unspecified atom stereocenters. The normalized spacial score (nSPS) is 10.4. The lowest BCUT2D eigenvalue weighted by Crippen LogP contribution is -2.17. The Morgan fingerprint density at radius 2 is 1.86 bits per heavy atom. The van der Waals surface area contributed by atoms with Gasteiger partial charge in [-0.25, -0.2) is 9.78 Å². The highest BCUT2D eigenvalue weighted by atomic mass is 32.1. The Morgan fingerprint density at radius 3 is 2.50 bits per heavy atom. The third-order valence-corrected chi connectivity index (χ3v) is 5.76. The second-order valence-corrected chi connectivity index (χ2v) is 7.40. The maximum absolute atomic E-state index is 12.5. The number of aromatic nitrogens is 1. The van der Waals surface area contributed by atoms with Crippen LogP contribution in [0.2, 0.25) is 0 Å². The van der Waals surface area contributed by atoms with Gasteiger partial charge in [0, 0.05) is 17.5 Å². The van der Waals surface area contributed by atoms with E-state index < -0.39 is 5.97 Å². The first-order valence-corrected chi connectivity index (χ1v) is 9.94. The van der Waals surface area contributed by atoms with E-state index in [4.69, 9.17) is 14.2 Å². The molecule has 146 valence electrons. The van der Waals surface area contributed by atoms with E-state index in [2.05, 4.69) is 10.3 Å². The number of hydrogen-bond donors (Lipinski definition) is 1. The number of methoxy groups -OCH3 is 3. The summed E-state index contributed by atoms with van der Waals surface area (Å²) in [5.74, 6) is -0.148. The van der Waals surface area contributed by atoms with Crippen molar-refractivity contribution in [1.82, 2.24) is 4.98 Å². The first-order valence-electron chi connectivity index (χ1n) is 8.18. The van der Waals surface area contributed by atoms with Crippen molar-refractivity contribution in [2.24, 2.45) is 0 Å². The van der Waals surface area contributed by atoms with Gasteiger partial charge in [-0.15, -0.1) is 22.7 Å². The third kappa shape index (κ3) is 4.32. The largest absolute Gasteiger partial charge is 0.493 e. The molecule has 0 saturated carbocycles. The molecule has 28 heavy (non-hydrogen) atoms. The fraction of sp³-hybridized carbons (Fsp3) is 0.211. The van der Waals surface area contributed by atoms with Crippen molar-refractivity contribution in [1.29, 1.82) is 0 Å². The molecule has 3 aromatic rings. The van der Waals surface area contributed by atoms with Crippen LogP contribution in [0.5, 0.6) is 11.5 Å². The highest BCUT2D eigenvalue weighted by Gasteiger charge is 2.19. The summed E-state index contributed by atoms with van der Waals surface area (Å²) in [7, 11) is 4.21. The molecule has 0 spiro atoms. The van der Waals surface area contributed by atoms with Crippen molar-refractivity contribution in [3.63, 3.8) is 0 Å².